The fraction of sp³-hybridized carbons (Fsp3) is 0.171. The summed E-state index contributed by atoms with van der Waals surface area (Å²) in [7, 11) is 0. The van der Waals surface area contributed by atoms with Crippen molar-refractivity contribution in [1.29, 1.82) is 0 Å². The van der Waals surface area contributed by atoms with E-state index < -0.39 is 34.7 Å². The van der Waals surface area contributed by atoms with Gasteiger partial charge in [-0.2, -0.15) is 0 Å². The Morgan fingerprint density at radius 2 is 0.978 bits per heavy atom. The van der Waals surface area contributed by atoms with Gasteiger partial charge in [-0.1, -0.05) is 151 Å². The first-order valence-corrected chi connectivity index (χ1v) is 15.5. The second-order valence-corrected chi connectivity index (χ2v) is 12.3. The van der Waals surface area contributed by atoms with Crippen LogP contribution in [0.25, 0.3) is 0 Å². The van der Waals surface area contributed by atoms with Gasteiger partial charge in [0.25, 0.3) is 0 Å². The summed E-state index contributed by atoms with van der Waals surface area (Å²) in [5, 5.41) is 0. The Kier molecular flexibility index (Phi) is 7.32. The molecule has 0 aromatic heterocycles. The van der Waals surface area contributed by atoms with Crippen molar-refractivity contribution in [2.45, 2.75) is 24.4 Å². The van der Waals surface area contributed by atoms with Crippen LogP contribution in [-0.2, 0) is 20.5 Å². The predicted molar refractivity (Wildman–Crippen MR) is 174 cm³/mol. The van der Waals surface area contributed by atoms with Gasteiger partial charge >= 0.3 is 5.97 Å². The van der Waals surface area contributed by atoms with Crippen molar-refractivity contribution in [2.24, 2.45) is 17.8 Å². The highest BCUT2D eigenvalue weighted by Crippen LogP contribution is 2.65. The molecule has 2 aliphatic heterocycles. The number of aryl methyl sites for hydroxylation is 1. The maximum absolute atomic E-state index is 15.1. The van der Waals surface area contributed by atoms with E-state index >= 15 is 9.59 Å². The molecular weight excluding hydrogens is 572 g/mol. The van der Waals surface area contributed by atoms with Gasteiger partial charge in [0.15, 0.2) is 17.3 Å². The maximum atomic E-state index is 15.1. The van der Waals surface area contributed by atoms with Crippen LogP contribution in [0.4, 0.5) is 0 Å². The average molecular weight is 605 g/mol. The average Bonchev–Trinajstić information content (AvgIpc) is 3.12. The van der Waals surface area contributed by atoms with Crippen LogP contribution in [0.3, 0.4) is 0 Å². The zero-order valence-electron chi connectivity index (χ0n) is 25.3. The third kappa shape index (κ3) is 4.46. The Morgan fingerprint density at radius 1 is 0.543 bits per heavy atom. The molecule has 3 fully saturated rings. The fourth-order valence-electron chi connectivity index (χ4n) is 7.76. The summed E-state index contributed by atoms with van der Waals surface area (Å²) in [6.07, 6.45) is 0.0339. The molecule has 5 heteroatoms. The second kappa shape index (κ2) is 11.5. The molecule has 226 valence electrons. The highest BCUT2D eigenvalue weighted by molar-refractivity contribution is 6.13. The molecule has 0 N–H and O–H groups in total. The van der Waals surface area contributed by atoms with Crippen molar-refractivity contribution in [3.8, 4) is 0 Å². The molecule has 0 spiro atoms. The molecule has 2 bridgehead atoms. The molecule has 2 saturated heterocycles. The van der Waals surface area contributed by atoms with Gasteiger partial charge in [0.05, 0.1) is 11.8 Å². The van der Waals surface area contributed by atoms with Crippen LogP contribution in [0, 0.1) is 24.7 Å². The fourth-order valence-corrected chi connectivity index (χ4v) is 7.76. The predicted octanol–water partition coefficient (Wildman–Crippen LogP) is 7.59. The minimum atomic E-state index is -1.78. The van der Waals surface area contributed by atoms with Crippen LogP contribution in [0.15, 0.2) is 146 Å². The van der Waals surface area contributed by atoms with Crippen molar-refractivity contribution in [3.63, 3.8) is 0 Å². The minimum absolute atomic E-state index is 0.0339. The van der Waals surface area contributed by atoms with Crippen LogP contribution in [-0.4, -0.2) is 23.3 Å². The topological polar surface area (TPSA) is 77.5 Å². The lowest BCUT2D eigenvalue weighted by atomic mass is 9.43. The zero-order chi connectivity index (χ0) is 31.9. The van der Waals surface area contributed by atoms with Gasteiger partial charge in [0.2, 0.25) is 0 Å². The number of ketones is 3. The van der Waals surface area contributed by atoms with E-state index in [1.807, 2.05) is 67.6 Å². The van der Waals surface area contributed by atoms with E-state index in [1.165, 1.54) is 0 Å². The highest BCUT2D eigenvalue weighted by atomic mass is 16.6. The summed E-state index contributed by atoms with van der Waals surface area (Å²) >= 11 is 0. The van der Waals surface area contributed by atoms with E-state index in [4.69, 9.17) is 4.74 Å². The number of fused-ring (bicyclic) bond motifs is 3. The van der Waals surface area contributed by atoms with E-state index in [-0.39, 0.29) is 23.8 Å². The summed E-state index contributed by atoms with van der Waals surface area (Å²) in [5.74, 6) is -5.01. The van der Waals surface area contributed by atoms with Gasteiger partial charge in [-0.3, -0.25) is 19.2 Å². The lowest BCUT2D eigenvalue weighted by molar-refractivity contribution is -0.220. The molecule has 5 aromatic carbocycles. The first-order chi connectivity index (χ1) is 22.4. The van der Waals surface area contributed by atoms with Crippen molar-refractivity contribution in [3.05, 3.63) is 179 Å². The Balaban J connectivity index is 1.59. The second-order valence-electron chi connectivity index (χ2n) is 12.3. The molecule has 8 rings (SSSR count). The summed E-state index contributed by atoms with van der Waals surface area (Å²) in [5.41, 5.74) is -0.153. The molecule has 1 aliphatic carbocycles. The quantitative estimate of drug-likeness (QED) is 0.135. The molecule has 1 saturated carbocycles. The molecule has 2 heterocycles. The van der Waals surface area contributed by atoms with E-state index in [9.17, 15) is 9.59 Å². The highest BCUT2D eigenvalue weighted by Gasteiger charge is 2.76. The van der Waals surface area contributed by atoms with E-state index in [2.05, 4.69) is 0 Å². The maximum Gasteiger partial charge on any atom is 0.319 e. The first kappa shape index (κ1) is 29.3. The van der Waals surface area contributed by atoms with Gasteiger partial charge in [0, 0.05) is 29.0 Å². The Hall–Kier alpha value is -5.42. The molecule has 3 aliphatic rings. The molecule has 0 amide bonds. The van der Waals surface area contributed by atoms with Gasteiger partial charge in [-0.25, -0.2) is 0 Å². The third-order valence-electron chi connectivity index (χ3n) is 9.84. The standard InChI is InChI=1S/C41H32O5/c1-27-22-24-32(25-23-27)41-33(36(42)28-14-6-2-7-15-28)26-40(46-39(41)45,31-20-12-5-13-21-31)34(37(43)29-16-8-3-9-17-29)35(41)38(44)30-18-10-4-11-19-30/h2-25,33-35H,26H2,1H3/t33?,34-,35+,40+,41+/m1/s1. The summed E-state index contributed by atoms with van der Waals surface area (Å²) < 4.78 is 6.57. The van der Waals surface area contributed by atoms with Crippen LogP contribution < -0.4 is 0 Å². The lowest BCUT2D eigenvalue weighted by Crippen LogP contribution is -2.73. The van der Waals surface area contributed by atoms with E-state index in [0.717, 1.165) is 5.56 Å². The van der Waals surface area contributed by atoms with Gasteiger partial charge in [0.1, 0.15) is 11.0 Å². The Bertz CT molecular complexity index is 1920. The Morgan fingerprint density at radius 3 is 1.48 bits per heavy atom. The minimum Gasteiger partial charge on any atom is -0.453 e. The van der Waals surface area contributed by atoms with Crippen molar-refractivity contribution in [2.75, 3.05) is 0 Å². The van der Waals surface area contributed by atoms with Gasteiger partial charge < -0.3 is 4.74 Å². The normalized spacial score (nSPS) is 25.0. The van der Waals surface area contributed by atoms with Crippen molar-refractivity contribution in [1.82, 2.24) is 0 Å². The first-order valence-electron chi connectivity index (χ1n) is 15.5. The molecule has 0 radical (unpaired) electrons. The number of carbonyl (C=O) groups excluding carboxylic acids is 4. The van der Waals surface area contributed by atoms with Crippen LogP contribution >= 0.6 is 0 Å². The van der Waals surface area contributed by atoms with Gasteiger partial charge in [-0.15, -0.1) is 0 Å². The van der Waals surface area contributed by atoms with E-state index in [1.54, 1.807) is 84.9 Å². The van der Waals surface area contributed by atoms with E-state index in [0.29, 0.717) is 27.8 Å². The van der Waals surface area contributed by atoms with Crippen LogP contribution in [0.2, 0.25) is 0 Å². The molecular formula is C41H32O5. The van der Waals surface area contributed by atoms with Crippen molar-refractivity contribution < 1.29 is 23.9 Å². The number of rotatable bonds is 8. The lowest BCUT2D eigenvalue weighted by Gasteiger charge is -2.62. The number of hydrogen-bond acceptors (Lipinski definition) is 5. The number of hydrogen-bond donors (Lipinski definition) is 0. The number of esters is 1. The molecule has 5 nitrogen and oxygen atoms in total. The molecule has 46 heavy (non-hydrogen) atoms. The largest absolute Gasteiger partial charge is 0.453 e. The summed E-state index contributed by atoms with van der Waals surface area (Å²) in [4.78, 5) is 59.9. The summed E-state index contributed by atoms with van der Waals surface area (Å²) in [6, 6.07) is 42.9. The van der Waals surface area contributed by atoms with Crippen molar-refractivity contribution >= 4 is 23.3 Å². The Labute approximate surface area is 267 Å². The van der Waals surface area contributed by atoms with Crippen LogP contribution in [0.5, 0.6) is 0 Å². The molecule has 5 atom stereocenters. The molecule has 5 aromatic rings. The number of ether oxygens (including phenoxy) is 1. The zero-order valence-corrected chi connectivity index (χ0v) is 25.3. The number of carbonyl (C=O) groups is 4. The number of Topliss-reactive ketones (excluding diaryl/α,β-unsaturated/α-hetero) is 3. The number of benzene rings is 5. The van der Waals surface area contributed by atoms with Crippen LogP contribution in [0.1, 0.15) is 54.2 Å². The summed E-state index contributed by atoms with van der Waals surface area (Å²) in [6.45, 7) is 1.93. The SMILES string of the molecule is Cc1ccc([C@]23C(=O)O[C@](c4ccccc4)(CC2C(=O)c2ccccc2)[C@@H](C(=O)c2ccccc2)[C@H]3C(=O)c2ccccc2)cc1. The third-order valence-corrected chi connectivity index (χ3v) is 9.84. The smallest absolute Gasteiger partial charge is 0.319 e. The van der Waals surface area contributed by atoms with Gasteiger partial charge in [-0.05, 0) is 18.1 Å². The molecule has 1 unspecified atom stereocenters. The monoisotopic (exact) mass is 604 g/mol.